The molecular formula is C11H18N2OS. The number of rotatable bonds is 2. The van der Waals surface area contributed by atoms with E-state index in [0.29, 0.717) is 6.54 Å². The summed E-state index contributed by atoms with van der Waals surface area (Å²) in [5.74, 6) is 0.162. The second-order valence-corrected chi connectivity index (χ2v) is 5.71. The van der Waals surface area contributed by atoms with Gasteiger partial charge in [0.05, 0.1) is 17.7 Å². The van der Waals surface area contributed by atoms with Gasteiger partial charge in [0.1, 0.15) is 0 Å². The number of amides is 1. The molecule has 0 aliphatic rings. The normalized spacial score (nSPS) is 11.5. The van der Waals surface area contributed by atoms with E-state index < -0.39 is 0 Å². The van der Waals surface area contributed by atoms with Crippen LogP contribution in [0.25, 0.3) is 0 Å². The number of hydrogen-bond donors (Lipinski definition) is 0. The minimum absolute atomic E-state index is 0.162. The van der Waals surface area contributed by atoms with E-state index in [0.717, 1.165) is 10.6 Å². The molecule has 1 rings (SSSR count). The molecule has 0 aliphatic heterocycles. The lowest BCUT2D eigenvalue weighted by atomic mass is 9.95. The van der Waals surface area contributed by atoms with Crippen LogP contribution in [-0.2, 0) is 11.3 Å². The Morgan fingerprint density at radius 2 is 2.13 bits per heavy atom. The zero-order chi connectivity index (χ0) is 11.6. The fraction of sp³-hybridized carbons (Fsp3) is 0.636. The number of aromatic nitrogens is 1. The quantitative estimate of drug-likeness (QED) is 0.776. The molecule has 0 atom stereocenters. The van der Waals surface area contributed by atoms with Gasteiger partial charge in [-0.15, -0.1) is 11.3 Å². The van der Waals surface area contributed by atoms with Gasteiger partial charge < -0.3 is 4.90 Å². The van der Waals surface area contributed by atoms with E-state index in [1.54, 1.807) is 16.2 Å². The largest absolute Gasteiger partial charge is 0.340 e. The van der Waals surface area contributed by atoms with Gasteiger partial charge in [-0.3, -0.25) is 4.79 Å². The zero-order valence-electron chi connectivity index (χ0n) is 10.00. The van der Waals surface area contributed by atoms with E-state index in [4.69, 9.17) is 0 Å². The summed E-state index contributed by atoms with van der Waals surface area (Å²) in [5, 5.41) is 0. The molecule has 4 heteroatoms. The van der Waals surface area contributed by atoms with Crippen LogP contribution in [0.3, 0.4) is 0 Å². The van der Waals surface area contributed by atoms with Crippen molar-refractivity contribution in [1.29, 1.82) is 0 Å². The highest BCUT2D eigenvalue weighted by Crippen LogP contribution is 2.20. The standard InChI is InChI=1S/C11H18N2OS/c1-8-9(15-7-12-8)6-13(5)10(14)11(2,3)4/h7H,6H2,1-5H3. The van der Waals surface area contributed by atoms with Crippen molar-refractivity contribution in [2.75, 3.05) is 7.05 Å². The maximum absolute atomic E-state index is 11.9. The molecule has 0 aliphatic carbocycles. The fourth-order valence-electron chi connectivity index (χ4n) is 1.34. The van der Waals surface area contributed by atoms with E-state index >= 15 is 0 Å². The van der Waals surface area contributed by atoms with Crippen LogP contribution >= 0.6 is 11.3 Å². The van der Waals surface area contributed by atoms with Gasteiger partial charge in [0, 0.05) is 17.3 Å². The minimum atomic E-state index is -0.312. The summed E-state index contributed by atoms with van der Waals surface area (Å²) in [6.07, 6.45) is 0. The topological polar surface area (TPSA) is 33.2 Å². The van der Waals surface area contributed by atoms with E-state index in [1.807, 2.05) is 40.3 Å². The van der Waals surface area contributed by atoms with Gasteiger partial charge in [0.15, 0.2) is 0 Å². The van der Waals surface area contributed by atoms with Crippen molar-refractivity contribution in [2.45, 2.75) is 34.2 Å². The summed E-state index contributed by atoms with van der Waals surface area (Å²) < 4.78 is 0. The lowest BCUT2D eigenvalue weighted by Gasteiger charge is -2.25. The van der Waals surface area contributed by atoms with Crippen LogP contribution in [0, 0.1) is 12.3 Å². The van der Waals surface area contributed by atoms with E-state index in [2.05, 4.69) is 4.98 Å². The molecule has 0 saturated carbocycles. The van der Waals surface area contributed by atoms with Gasteiger partial charge in [0.2, 0.25) is 5.91 Å². The van der Waals surface area contributed by atoms with E-state index in [9.17, 15) is 4.79 Å². The Morgan fingerprint density at radius 1 is 1.53 bits per heavy atom. The number of carbonyl (C=O) groups excluding carboxylic acids is 1. The van der Waals surface area contributed by atoms with Crippen molar-refractivity contribution < 1.29 is 4.79 Å². The van der Waals surface area contributed by atoms with Crippen LogP contribution < -0.4 is 0 Å². The third-order valence-corrected chi connectivity index (χ3v) is 3.13. The first-order valence-electron chi connectivity index (χ1n) is 4.97. The molecule has 0 aromatic carbocycles. The molecule has 15 heavy (non-hydrogen) atoms. The van der Waals surface area contributed by atoms with E-state index in [1.165, 1.54) is 0 Å². The van der Waals surface area contributed by atoms with Crippen molar-refractivity contribution in [3.8, 4) is 0 Å². The predicted molar refractivity (Wildman–Crippen MR) is 62.8 cm³/mol. The summed E-state index contributed by atoms with van der Waals surface area (Å²) in [6.45, 7) is 8.44. The van der Waals surface area contributed by atoms with Crippen LogP contribution in [0.2, 0.25) is 0 Å². The lowest BCUT2D eigenvalue weighted by molar-refractivity contribution is -0.138. The Balaban J connectivity index is 2.68. The van der Waals surface area contributed by atoms with E-state index in [-0.39, 0.29) is 11.3 Å². The van der Waals surface area contributed by atoms with Crippen LogP contribution in [0.5, 0.6) is 0 Å². The van der Waals surface area contributed by atoms with Crippen molar-refractivity contribution in [1.82, 2.24) is 9.88 Å². The maximum Gasteiger partial charge on any atom is 0.228 e. The molecule has 1 heterocycles. The second-order valence-electron chi connectivity index (χ2n) is 4.77. The summed E-state index contributed by atoms with van der Waals surface area (Å²) in [6, 6.07) is 0. The molecule has 84 valence electrons. The van der Waals surface area contributed by atoms with Crippen molar-refractivity contribution in [3.05, 3.63) is 16.1 Å². The minimum Gasteiger partial charge on any atom is -0.340 e. The van der Waals surface area contributed by atoms with Gasteiger partial charge in [-0.2, -0.15) is 0 Å². The molecule has 1 aromatic rings. The third-order valence-electron chi connectivity index (χ3n) is 2.21. The van der Waals surface area contributed by atoms with Gasteiger partial charge in [-0.05, 0) is 6.92 Å². The Bertz CT molecular complexity index is 352. The Kier molecular flexibility index (Phi) is 3.50. The first kappa shape index (κ1) is 12.2. The Hall–Kier alpha value is -0.900. The monoisotopic (exact) mass is 226 g/mol. The fourth-order valence-corrected chi connectivity index (χ4v) is 2.17. The summed E-state index contributed by atoms with van der Waals surface area (Å²) in [7, 11) is 1.84. The molecule has 0 N–H and O–H groups in total. The SMILES string of the molecule is Cc1ncsc1CN(C)C(=O)C(C)(C)C. The van der Waals surface area contributed by atoms with Crippen LogP contribution in [0.1, 0.15) is 31.3 Å². The van der Waals surface area contributed by atoms with Gasteiger partial charge in [0.25, 0.3) is 0 Å². The average molecular weight is 226 g/mol. The van der Waals surface area contributed by atoms with Crippen molar-refractivity contribution in [2.24, 2.45) is 5.41 Å². The van der Waals surface area contributed by atoms with Crippen molar-refractivity contribution in [3.63, 3.8) is 0 Å². The summed E-state index contributed by atoms with van der Waals surface area (Å²) in [4.78, 5) is 19.0. The molecule has 0 fully saturated rings. The first-order chi connectivity index (χ1) is 6.82. The van der Waals surface area contributed by atoms with Gasteiger partial charge in [-0.25, -0.2) is 4.98 Å². The second kappa shape index (κ2) is 4.31. The van der Waals surface area contributed by atoms with Crippen LogP contribution in [-0.4, -0.2) is 22.8 Å². The Labute approximate surface area is 95.1 Å². The lowest BCUT2D eigenvalue weighted by Crippen LogP contribution is -2.36. The average Bonchev–Trinajstić information content (AvgIpc) is 2.49. The predicted octanol–water partition coefficient (Wildman–Crippen LogP) is 2.46. The highest BCUT2D eigenvalue weighted by atomic mass is 32.1. The number of hydrogen-bond acceptors (Lipinski definition) is 3. The van der Waals surface area contributed by atoms with Gasteiger partial charge in [-0.1, -0.05) is 20.8 Å². The molecule has 0 radical (unpaired) electrons. The first-order valence-corrected chi connectivity index (χ1v) is 5.85. The number of thiazole rings is 1. The number of aryl methyl sites for hydroxylation is 1. The molecule has 1 amide bonds. The molecule has 0 bridgehead atoms. The molecule has 0 saturated heterocycles. The smallest absolute Gasteiger partial charge is 0.228 e. The zero-order valence-corrected chi connectivity index (χ0v) is 10.8. The Morgan fingerprint density at radius 3 is 2.53 bits per heavy atom. The molecule has 0 unspecified atom stereocenters. The highest BCUT2D eigenvalue weighted by molar-refractivity contribution is 7.09. The molecule has 3 nitrogen and oxygen atoms in total. The summed E-state index contributed by atoms with van der Waals surface area (Å²) in [5.41, 5.74) is 2.53. The maximum atomic E-state index is 11.9. The number of carbonyl (C=O) groups is 1. The van der Waals surface area contributed by atoms with Crippen LogP contribution in [0.4, 0.5) is 0 Å². The van der Waals surface area contributed by atoms with Gasteiger partial charge >= 0.3 is 0 Å². The summed E-state index contributed by atoms with van der Waals surface area (Å²) >= 11 is 1.60. The molecule has 1 aromatic heterocycles. The third kappa shape index (κ3) is 3.02. The molecule has 0 spiro atoms. The molecular weight excluding hydrogens is 208 g/mol. The highest BCUT2D eigenvalue weighted by Gasteiger charge is 2.25. The van der Waals surface area contributed by atoms with Crippen molar-refractivity contribution >= 4 is 17.2 Å². The van der Waals surface area contributed by atoms with Crippen LogP contribution in [0.15, 0.2) is 5.51 Å². The number of nitrogens with zero attached hydrogens (tertiary/aromatic N) is 2.